The zero-order valence-electron chi connectivity index (χ0n) is 25.3. The van der Waals surface area contributed by atoms with Gasteiger partial charge in [0, 0.05) is 86.0 Å². The maximum Gasteiger partial charge on any atom is 0.136 e. The predicted molar refractivity (Wildman–Crippen MR) is 184 cm³/mol. The van der Waals surface area contributed by atoms with Crippen LogP contribution in [0.25, 0.3) is 21.5 Å². The van der Waals surface area contributed by atoms with E-state index < -0.39 is 0 Å². The quantitative estimate of drug-likeness (QED) is 0.147. The molecule has 0 saturated carbocycles. The van der Waals surface area contributed by atoms with Gasteiger partial charge in [-0.3, -0.25) is 9.98 Å². The summed E-state index contributed by atoms with van der Waals surface area (Å²) < 4.78 is 4.24. The van der Waals surface area contributed by atoms with Crippen LogP contribution in [0.15, 0.2) is 120 Å². The summed E-state index contributed by atoms with van der Waals surface area (Å²) in [5.74, 6) is 2.18. The van der Waals surface area contributed by atoms with Gasteiger partial charge in [0.15, 0.2) is 0 Å². The Morgan fingerprint density at radius 2 is 0.978 bits per heavy atom. The van der Waals surface area contributed by atoms with Crippen LogP contribution in [0.4, 0.5) is 11.4 Å². The number of hydrogen-bond donors (Lipinski definition) is 0. The fourth-order valence-corrected chi connectivity index (χ4v) is 6.88. The van der Waals surface area contributed by atoms with Crippen molar-refractivity contribution in [2.45, 2.75) is 32.4 Å². The maximum atomic E-state index is 5.21. The molecule has 2 aliphatic rings. The van der Waals surface area contributed by atoms with E-state index in [1.54, 1.807) is 0 Å². The van der Waals surface area contributed by atoms with Crippen molar-refractivity contribution in [2.24, 2.45) is 9.98 Å². The third kappa shape index (κ3) is 5.16. The standard InChI is InChI=1S/C37H36N8/c1-8-28-10-3-14-32-34(28)30(12-1)36(40-16-5-20-42-24-18-38-26-42)44(32)22-7-23-45-33-15-4-11-29-9-2-13-31(35(29)33)37(45)41-17-6-21-43-25-19-39-27-43/h1-4,8-15,18-19,24-27H,5-7,16-17,20-23H2/b40-36+,41-37+. The molecule has 4 heterocycles. The molecule has 8 rings (SSSR count). The highest BCUT2D eigenvalue weighted by Crippen LogP contribution is 2.40. The summed E-state index contributed by atoms with van der Waals surface area (Å²) in [5, 5.41) is 5.16. The molecule has 4 aromatic carbocycles. The van der Waals surface area contributed by atoms with Crippen LogP contribution in [0.3, 0.4) is 0 Å². The van der Waals surface area contributed by atoms with Gasteiger partial charge in [0.05, 0.1) is 24.0 Å². The molecule has 8 heteroatoms. The molecule has 0 unspecified atom stereocenters. The molecule has 0 radical (unpaired) electrons. The van der Waals surface area contributed by atoms with Gasteiger partial charge in [-0.25, -0.2) is 9.97 Å². The van der Waals surface area contributed by atoms with Crippen LogP contribution in [-0.4, -0.2) is 57.0 Å². The van der Waals surface area contributed by atoms with Crippen molar-refractivity contribution >= 4 is 44.6 Å². The number of rotatable bonds is 12. The number of hydrogen-bond acceptors (Lipinski definition) is 4. The molecule has 0 fully saturated rings. The molecule has 45 heavy (non-hydrogen) atoms. The third-order valence-corrected chi connectivity index (χ3v) is 8.89. The molecule has 0 N–H and O–H groups in total. The van der Waals surface area contributed by atoms with E-state index in [9.17, 15) is 0 Å². The van der Waals surface area contributed by atoms with Crippen molar-refractivity contribution < 1.29 is 0 Å². The summed E-state index contributed by atoms with van der Waals surface area (Å²) in [4.78, 5) is 23.7. The van der Waals surface area contributed by atoms with E-state index in [1.807, 2.05) is 37.4 Å². The maximum absolute atomic E-state index is 5.21. The lowest BCUT2D eigenvalue weighted by molar-refractivity contribution is 0.650. The van der Waals surface area contributed by atoms with E-state index in [-0.39, 0.29) is 0 Å². The Kier molecular flexibility index (Phi) is 7.31. The van der Waals surface area contributed by atoms with Gasteiger partial charge in [0.25, 0.3) is 0 Å². The Bertz CT molecular complexity index is 1850. The highest BCUT2D eigenvalue weighted by Gasteiger charge is 2.30. The highest BCUT2D eigenvalue weighted by atomic mass is 15.2. The van der Waals surface area contributed by atoms with Crippen LogP contribution in [0.1, 0.15) is 30.4 Å². The zero-order chi connectivity index (χ0) is 30.0. The average Bonchev–Trinajstić information content (AvgIpc) is 3.88. The number of aryl methyl sites for hydroxylation is 2. The minimum atomic E-state index is 0.772. The number of aromatic nitrogens is 4. The minimum Gasteiger partial charge on any atom is -0.337 e. The third-order valence-electron chi connectivity index (χ3n) is 8.89. The Morgan fingerprint density at radius 3 is 1.42 bits per heavy atom. The second-order valence-corrected chi connectivity index (χ2v) is 11.7. The fourth-order valence-electron chi connectivity index (χ4n) is 6.88. The molecule has 224 valence electrons. The number of aliphatic imine (C=N–C) groups is 2. The Hall–Kier alpha value is -5.24. The van der Waals surface area contributed by atoms with Crippen molar-refractivity contribution in [1.29, 1.82) is 0 Å². The first-order valence-electron chi connectivity index (χ1n) is 15.9. The van der Waals surface area contributed by atoms with Crippen LogP contribution in [0.5, 0.6) is 0 Å². The van der Waals surface area contributed by atoms with Gasteiger partial charge in [0.2, 0.25) is 0 Å². The van der Waals surface area contributed by atoms with E-state index in [1.165, 1.54) is 44.0 Å². The molecular weight excluding hydrogens is 556 g/mol. The normalized spacial score (nSPS) is 15.5. The molecular formula is C37H36N8. The van der Waals surface area contributed by atoms with Crippen molar-refractivity contribution in [3.8, 4) is 0 Å². The Balaban J connectivity index is 1.03. The number of benzene rings is 4. The van der Waals surface area contributed by atoms with Crippen LogP contribution >= 0.6 is 0 Å². The van der Waals surface area contributed by atoms with Gasteiger partial charge >= 0.3 is 0 Å². The molecule has 0 amide bonds. The largest absolute Gasteiger partial charge is 0.337 e. The lowest BCUT2D eigenvalue weighted by Crippen LogP contribution is -2.34. The molecule has 2 aliphatic heterocycles. The van der Waals surface area contributed by atoms with Crippen LogP contribution in [0.2, 0.25) is 0 Å². The smallest absolute Gasteiger partial charge is 0.136 e. The summed E-state index contributed by atoms with van der Waals surface area (Å²) in [7, 11) is 0. The number of amidine groups is 2. The highest BCUT2D eigenvalue weighted by molar-refractivity contribution is 6.28. The summed E-state index contributed by atoms with van der Waals surface area (Å²) in [6, 6.07) is 26.4. The molecule has 0 saturated heterocycles. The lowest BCUT2D eigenvalue weighted by atomic mass is 10.1. The second kappa shape index (κ2) is 12.0. The van der Waals surface area contributed by atoms with Gasteiger partial charge in [-0.05, 0) is 42.2 Å². The van der Waals surface area contributed by atoms with Crippen molar-refractivity contribution in [1.82, 2.24) is 19.1 Å². The monoisotopic (exact) mass is 592 g/mol. The van der Waals surface area contributed by atoms with Crippen molar-refractivity contribution in [3.63, 3.8) is 0 Å². The van der Waals surface area contributed by atoms with Crippen LogP contribution in [0, 0.1) is 0 Å². The molecule has 8 nitrogen and oxygen atoms in total. The number of imidazole rings is 2. The molecule has 2 aromatic heterocycles. The zero-order valence-corrected chi connectivity index (χ0v) is 25.3. The van der Waals surface area contributed by atoms with Crippen LogP contribution < -0.4 is 9.80 Å². The summed E-state index contributed by atoms with van der Waals surface area (Å²) in [6.45, 7) is 5.13. The average molecular weight is 593 g/mol. The topological polar surface area (TPSA) is 66.8 Å². The minimum absolute atomic E-state index is 0.772. The lowest BCUT2D eigenvalue weighted by Gasteiger charge is -2.25. The number of anilines is 2. The van der Waals surface area contributed by atoms with E-state index >= 15 is 0 Å². The summed E-state index contributed by atoms with van der Waals surface area (Å²) >= 11 is 0. The van der Waals surface area contributed by atoms with Crippen LogP contribution in [-0.2, 0) is 13.1 Å². The molecule has 0 atom stereocenters. The second-order valence-electron chi connectivity index (χ2n) is 11.7. The molecule has 0 bridgehead atoms. The van der Waals surface area contributed by atoms with E-state index in [2.05, 4.69) is 102 Å². The van der Waals surface area contributed by atoms with Crippen molar-refractivity contribution in [3.05, 3.63) is 121 Å². The van der Waals surface area contributed by atoms with E-state index in [0.717, 1.165) is 70.2 Å². The fraction of sp³-hybridized carbons (Fsp3) is 0.243. The van der Waals surface area contributed by atoms with E-state index in [4.69, 9.17) is 9.98 Å². The Labute approximate surface area is 263 Å². The summed E-state index contributed by atoms with van der Waals surface area (Å²) in [5.41, 5.74) is 5.00. The Morgan fingerprint density at radius 1 is 0.511 bits per heavy atom. The van der Waals surface area contributed by atoms with Gasteiger partial charge in [0.1, 0.15) is 11.7 Å². The van der Waals surface area contributed by atoms with E-state index in [0.29, 0.717) is 0 Å². The predicted octanol–water partition coefficient (Wildman–Crippen LogP) is 6.79. The first kappa shape index (κ1) is 27.3. The van der Waals surface area contributed by atoms with Gasteiger partial charge < -0.3 is 18.9 Å². The van der Waals surface area contributed by atoms with Gasteiger partial charge in [-0.2, -0.15) is 0 Å². The summed E-state index contributed by atoms with van der Waals surface area (Å²) in [6.07, 6.45) is 14.3. The van der Waals surface area contributed by atoms with Gasteiger partial charge in [-0.15, -0.1) is 0 Å². The van der Waals surface area contributed by atoms with Gasteiger partial charge in [-0.1, -0.05) is 60.7 Å². The molecule has 0 spiro atoms. The van der Waals surface area contributed by atoms with Crippen molar-refractivity contribution in [2.75, 3.05) is 36.0 Å². The molecule has 6 aromatic rings. The molecule has 0 aliphatic carbocycles. The SMILES string of the molecule is c1cc2c3c(cccc3c1)N(CCCN1/C(=N/CCCn3ccnc3)c3cccc4cccc1c34)/C2=N/CCCn1ccnc1. The first-order chi connectivity index (χ1) is 22.3. The number of nitrogens with zero attached hydrogens (tertiary/aromatic N) is 8. The first-order valence-corrected chi connectivity index (χ1v) is 15.9.